The first-order valence-corrected chi connectivity index (χ1v) is 27.4. The molecule has 0 aromatic rings. The van der Waals surface area contributed by atoms with E-state index in [9.17, 15) is 14.4 Å². The molecule has 0 saturated carbocycles. The second-order valence-corrected chi connectivity index (χ2v) is 17.7. The maximum Gasteiger partial charge on any atom is 0.306 e. The number of allylic oxidation sites excluding steroid dienone is 18. The normalized spacial score (nSPS) is 12.9. The largest absolute Gasteiger partial charge is 0.462 e. The second-order valence-electron chi connectivity index (χ2n) is 17.7. The Hall–Kier alpha value is -3.93. The summed E-state index contributed by atoms with van der Waals surface area (Å²) in [7, 11) is 0. The Kier molecular flexibility index (Phi) is 51.5. The van der Waals surface area contributed by atoms with Crippen molar-refractivity contribution in [2.45, 2.75) is 245 Å². The van der Waals surface area contributed by atoms with Crippen molar-refractivity contribution in [1.29, 1.82) is 0 Å². The molecule has 0 bridgehead atoms. The lowest BCUT2D eigenvalue weighted by atomic mass is 10.1. The number of hydrogen-bond acceptors (Lipinski definition) is 6. The van der Waals surface area contributed by atoms with Crippen LogP contribution in [0.3, 0.4) is 0 Å². The third-order valence-corrected chi connectivity index (χ3v) is 11.2. The molecule has 67 heavy (non-hydrogen) atoms. The minimum Gasteiger partial charge on any atom is -0.462 e. The van der Waals surface area contributed by atoms with E-state index in [-0.39, 0.29) is 37.5 Å². The predicted molar refractivity (Wildman–Crippen MR) is 288 cm³/mol. The van der Waals surface area contributed by atoms with E-state index < -0.39 is 6.10 Å². The SMILES string of the molecule is CC/C=C\C/C=C\C/C=C\C/C=C\CCCCCCC(=O)OC(COC(=O)CCCCC/C=C\C/C=C\C/C=C\CC)COC(=O)CCCCCCCCCCC/C=C\C/C=C\CCCCC. The van der Waals surface area contributed by atoms with E-state index in [0.29, 0.717) is 12.8 Å². The van der Waals surface area contributed by atoms with Crippen molar-refractivity contribution < 1.29 is 28.6 Å². The molecule has 0 aliphatic heterocycles. The molecule has 0 fully saturated rings. The van der Waals surface area contributed by atoms with Gasteiger partial charge in [-0.05, 0) is 122 Å². The van der Waals surface area contributed by atoms with Gasteiger partial charge in [0.05, 0.1) is 0 Å². The fraction of sp³-hybridized carbons (Fsp3) is 0.656. The number of unbranched alkanes of at least 4 members (excludes halogenated alkanes) is 19. The zero-order valence-corrected chi connectivity index (χ0v) is 43.4. The first-order valence-electron chi connectivity index (χ1n) is 27.4. The Balaban J connectivity index is 4.46. The fourth-order valence-electron chi connectivity index (χ4n) is 7.18. The lowest BCUT2D eigenvalue weighted by Crippen LogP contribution is -2.30. The van der Waals surface area contributed by atoms with Crippen LogP contribution in [0.4, 0.5) is 0 Å². The van der Waals surface area contributed by atoms with E-state index >= 15 is 0 Å². The molecule has 0 radical (unpaired) electrons. The molecular formula is C61H100O6. The third-order valence-electron chi connectivity index (χ3n) is 11.2. The summed E-state index contributed by atoms with van der Waals surface area (Å²) in [4.78, 5) is 38.1. The van der Waals surface area contributed by atoms with Crippen LogP contribution in [0.25, 0.3) is 0 Å². The average Bonchev–Trinajstić information content (AvgIpc) is 3.33. The number of ether oxygens (including phenoxy) is 3. The Labute approximate surface area is 412 Å². The molecule has 1 atom stereocenters. The van der Waals surface area contributed by atoms with E-state index in [2.05, 4.69) is 130 Å². The number of hydrogen-bond donors (Lipinski definition) is 0. The molecular weight excluding hydrogens is 829 g/mol. The highest BCUT2D eigenvalue weighted by molar-refractivity contribution is 5.71. The molecule has 0 heterocycles. The van der Waals surface area contributed by atoms with Gasteiger partial charge in [-0.1, -0.05) is 207 Å². The van der Waals surface area contributed by atoms with Crippen LogP contribution in [-0.4, -0.2) is 37.2 Å². The van der Waals surface area contributed by atoms with Gasteiger partial charge in [-0.2, -0.15) is 0 Å². The highest BCUT2D eigenvalue weighted by Gasteiger charge is 2.19. The summed E-state index contributed by atoms with van der Waals surface area (Å²) in [5, 5.41) is 0. The summed E-state index contributed by atoms with van der Waals surface area (Å²) >= 11 is 0. The summed E-state index contributed by atoms with van der Waals surface area (Å²) < 4.78 is 16.8. The van der Waals surface area contributed by atoms with E-state index in [4.69, 9.17) is 14.2 Å². The van der Waals surface area contributed by atoms with Crippen LogP contribution in [0.2, 0.25) is 0 Å². The van der Waals surface area contributed by atoms with Gasteiger partial charge in [0.1, 0.15) is 13.2 Å². The molecule has 0 rings (SSSR count). The molecule has 6 nitrogen and oxygen atoms in total. The van der Waals surface area contributed by atoms with Crippen molar-refractivity contribution in [2.24, 2.45) is 0 Å². The molecule has 0 spiro atoms. The molecule has 0 saturated heterocycles. The molecule has 0 amide bonds. The van der Waals surface area contributed by atoms with Gasteiger partial charge in [0.2, 0.25) is 0 Å². The van der Waals surface area contributed by atoms with Crippen LogP contribution in [0.15, 0.2) is 109 Å². The van der Waals surface area contributed by atoms with Crippen molar-refractivity contribution in [2.75, 3.05) is 13.2 Å². The zero-order valence-electron chi connectivity index (χ0n) is 43.4. The van der Waals surface area contributed by atoms with Crippen molar-refractivity contribution in [3.05, 3.63) is 109 Å². The second kappa shape index (κ2) is 54.7. The Morgan fingerprint density at radius 2 is 0.582 bits per heavy atom. The van der Waals surface area contributed by atoms with Gasteiger partial charge in [0.15, 0.2) is 6.10 Å². The fourth-order valence-corrected chi connectivity index (χ4v) is 7.18. The van der Waals surface area contributed by atoms with Gasteiger partial charge in [0.25, 0.3) is 0 Å². The highest BCUT2D eigenvalue weighted by atomic mass is 16.6. The van der Waals surface area contributed by atoms with E-state index in [1.165, 1.54) is 70.6 Å². The summed E-state index contributed by atoms with van der Waals surface area (Å²) in [6.07, 6.45) is 73.6. The number of carbonyl (C=O) groups is 3. The van der Waals surface area contributed by atoms with Gasteiger partial charge < -0.3 is 14.2 Å². The first-order chi connectivity index (χ1) is 33.0. The number of rotatable bonds is 48. The molecule has 0 N–H and O–H groups in total. The van der Waals surface area contributed by atoms with Crippen LogP contribution in [0.5, 0.6) is 0 Å². The van der Waals surface area contributed by atoms with Crippen LogP contribution < -0.4 is 0 Å². The van der Waals surface area contributed by atoms with Crippen molar-refractivity contribution in [3.63, 3.8) is 0 Å². The minimum absolute atomic E-state index is 0.102. The van der Waals surface area contributed by atoms with Crippen molar-refractivity contribution >= 4 is 17.9 Å². The van der Waals surface area contributed by atoms with Crippen LogP contribution in [-0.2, 0) is 28.6 Å². The van der Waals surface area contributed by atoms with Gasteiger partial charge in [0, 0.05) is 19.3 Å². The molecule has 0 aliphatic carbocycles. The third kappa shape index (κ3) is 52.9. The predicted octanol–water partition coefficient (Wildman–Crippen LogP) is 18.3. The highest BCUT2D eigenvalue weighted by Crippen LogP contribution is 2.14. The monoisotopic (exact) mass is 929 g/mol. The quantitative estimate of drug-likeness (QED) is 0.0262. The molecule has 1 unspecified atom stereocenters. The summed E-state index contributed by atoms with van der Waals surface area (Å²) in [5.41, 5.74) is 0. The maximum atomic E-state index is 12.8. The average molecular weight is 929 g/mol. The van der Waals surface area contributed by atoms with Crippen LogP contribution in [0.1, 0.15) is 239 Å². The smallest absolute Gasteiger partial charge is 0.306 e. The molecule has 380 valence electrons. The topological polar surface area (TPSA) is 78.9 Å². The molecule has 0 aliphatic rings. The van der Waals surface area contributed by atoms with Crippen molar-refractivity contribution in [3.8, 4) is 0 Å². The van der Waals surface area contributed by atoms with Gasteiger partial charge in [-0.25, -0.2) is 0 Å². The van der Waals surface area contributed by atoms with Crippen LogP contribution >= 0.6 is 0 Å². The van der Waals surface area contributed by atoms with E-state index in [1.54, 1.807) is 0 Å². The summed E-state index contributed by atoms with van der Waals surface area (Å²) in [6.45, 7) is 6.33. The molecule has 6 heteroatoms. The minimum atomic E-state index is -0.807. The maximum absolute atomic E-state index is 12.8. The number of esters is 3. The Morgan fingerprint density at radius 1 is 0.313 bits per heavy atom. The summed E-state index contributed by atoms with van der Waals surface area (Å²) in [6, 6.07) is 0. The van der Waals surface area contributed by atoms with Gasteiger partial charge >= 0.3 is 17.9 Å². The lowest BCUT2D eigenvalue weighted by Gasteiger charge is -2.18. The van der Waals surface area contributed by atoms with E-state index in [0.717, 1.165) is 128 Å². The van der Waals surface area contributed by atoms with E-state index in [1.807, 2.05) is 0 Å². The molecule has 0 aromatic heterocycles. The Morgan fingerprint density at radius 3 is 0.925 bits per heavy atom. The van der Waals surface area contributed by atoms with Gasteiger partial charge in [-0.15, -0.1) is 0 Å². The number of carbonyl (C=O) groups excluding carboxylic acids is 3. The van der Waals surface area contributed by atoms with Crippen LogP contribution in [0, 0.1) is 0 Å². The van der Waals surface area contributed by atoms with Crippen molar-refractivity contribution in [1.82, 2.24) is 0 Å². The standard InChI is InChI=1S/C61H100O6/c1-4-7-10-13-16-19-22-25-27-29-30-32-33-36-39-42-45-48-51-54-60(63)66-57-58(56-65-59(62)53-50-47-44-41-38-35-24-21-18-15-12-9-6-3)67-61(64)55-52-49-46-43-40-37-34-31-28-26-23-20-17-14-11-8-5-2/h8-9,11-12,16-21,25-28,34-35,37-38,58H,4-7,10,13-15,22-24,29-33,36,39-57H2,1-3H3/b11-8-,12-9-,19-16-,20-17-,21-18-,27-25-,28-26-,37-34-,38-35-. The first kappa shape index (κ1) is 63.1. The Bertz CT molecular complexity index is 1390. The summed E-state index contributed by atoms with van der Waals surface area (Å²) in [5.74, 6) is -0.962. The zero-order chi connectivity index (χ0) is 48.6. The molecule has 0 aromatic carbocycles. The lowest BCUT2D eigenvalue weighted by molar-refractivity contribution is -0.167. The van der Waals surface area contributed by atoms with Gasteiger partial charge in [-0.3, -0.25) is 14.4 Å².